The lowest BCUT2D eigenvalue weighted by Crippen LogP contribution is -2.24. The lowest BCUT2D eigenvalue weighted by Gasteiger charge is -2.24. The number of nitrogens with zero attached hydrogens (tertiary/aromatic N) is 1. The molecule has 1 saturated heterocycles. The number of nitrogens with one attached hydrogen (secondary N) is 1. The van der Waals surface area contributed by atoms with Gasteiger partial charge in [-0.05, 0) is 37.5 Å². The predicted octanol–water partition coefficient (Wildman–Crippen LogP) is 2.44. The molecule has 1 aromatic rings. The van der Waals surface area contributed by atoms with Crippen LogP contribution in [0.1, 0.15) is 32.1 Å². The van der Waals surface area contributed by atoms with E-state index in [9.17, 15) is 0 Å². The first-order valence-corrected chi connectivity index (χ1v) is 7.30. The zero-order valence-electron chi connectivity index (χ0n) is 11.6. The van der Waals surface area contributed by atoms with E-state index >= 15 is 0 Å². The quantitative estimate of drug-likeness (QED) is 0.564. The van der Waals surface area contributed by atoms with Crippen LogP contribution in [-0.4, -0.2) is 31.3 Å². The van der Waals surface area contributed by atoms with Crippen molar-refractivity contribution in [3.63, 3.8) is 0 Å². The topological polar surface area (TPSA) is 61.5 Å². The van der Waals surface area contributed by atoms with Gasteiger partial charge in [0.05, 0.1) is 11.4 Å². The SMILES string of the molecule is Nc1cc(NCCCO)ccc1N1CCCCCC1. The lowest BCUT2D eigenvalue weighted by atomic mass is 10.2. The molecule has 19 heavy (non-hydrogen) atoms. The van der Waals surface area contributed by atoms with Crippen molar-refractivity contribution in [1.82, 2.24) is 0 Å². The number of aliphatic hydroxyl groups is 1. The van der Waals surface area contributed by atoms with Crippen molar-refractivity contribution in [2.75, 3.05) is 42.2 Å². The highest BCUT2D eigenvalue weighted by Gasteiger charge is 2.12. The number of hydrogen-bond donors (Lipinski definition) is 3. The first-order valence-electron chi connectivity index (χ1n) is 7.30. The van der Waals surface area contributed by atoms with E-state index in [2.05, 4.69) is 22.3 Å². The van der Waals surface area contributed by atoms with Crippen LogP contribution in [0.4, 0.5) is 17.1 Å². The Kier molecular flexibility index (Phi) is 5.33. The fraction of sp³-hybridized carbons (Fsp3) is 0.600. The van der Waals surface area contributed by atoms with Crippen LogP contribution >= 0.6 is 0 Å². The first kappa shape index (κ1) is 14.0. The minimum atomic E-state index is 0.217. The van der Waals surface area contributed by atoms with Crippen LogP contribution in [-0.2, 0) is 0 Å². The molecule has 4 N–H and O–H groups in total. The average molecular weight is 263 g/mol. The van der Waals surface area contributed by atoms with Crippen LogP contribution in [0.2, 0.25) is 0 Å². The van der Waals surface area contributed by atoms with Crippen LogP contribution in [0.3, 0.4) is 0 Å². The molecule has 0 atom stereocenters. The number of anilines is 3. The van der Waals surface area contributed by atoms with Crippen molar-refractivity contribution in [3.05, 3.63) is 18.2 Å². The third-order valence-corrected chi connectivity index (χ3v) is 3.64. The number of hydrogen-bond acceptors (Lipinski definition) is 4. The van der Waals surface area contributed by atoms with Crippen molar-refractivity contribution < 1.29 is 5.11 Å². The fourth-order valence-corrected chi connectivity index (χ4v) is 2.58. The zero-order chi connectivity index (χ0) is 13.5. The highest BCUT2D eigenvalue weighted by molar-refractivity contribution is 5.72. The molecule has 106 valence electrons. The lowest BCUT2D eigenvalue weighted by molar-refractivity contribution is 0.292. The van der Waals surface area contributed by atoms with Crippen LogP contribution in [0, 0.1) is 0 Å². The molecular formula is C15H25N3O. The summed E-state index contributed by atoms with van der Waals surface area (Å²) in [5.41, 5.74) is 9.21. The van der Waals surface area contributed by atoms with Gasteiger partial charge in [0.1, 0.15) is 0 Å². The maximum atomic E-state index is 8.77. The number of nitrogens with two attached hydrogens (primary N) is 1. The third-order valence-electron chi connectivity index (χ3n) is 3.64. The van der Waals surface area contributed by atoms with Gasteiger partial charge in [-0.25, -0.2) is 0 Å². The van der Waals surface area contributed by atoms with E-state index in [0.717, 1.165) is 43.1 Å². The van der Waals surface area contributed by atoms with E-state index in [4.69, 9.17) is 10.8 Å². The van der Waals surface area contributed by atoms with Crippen LogP contribution in [0.15, 0.2) is 18.2 Å². The van der Waals surface area contributed by atoms with Crippen molar-refractivity contribution >= 4 is 17.1 Å². The van der Waals surface area contributed by atoms with Crippen molar-refractivity contribution in [2.45, 2.75) is 32.1 Å². The van der Waals surface area contributed by atoms with Crippen molar-refractivity contribution in [2.24, 2.45) is 0 Å². The van der Waals surface area contributed by atoms with Gasteiger partial charge in [-0.3, -0.25) is 0 Å². The van der Waals surface area contributed by atoms with Gasteiger partial charge in [-0.1, -0.05) is 12.8 Å². The first-order chi connectivity index (χ1) is 9.31. The summed E-state index contributed by atoms with van der Waals surface area (Å²) in [5, 5.41) is 12.0. The number of rotatable bonds is 5. The van der Waals surface area contributed by atoms with E-state index in [-0.39, 0.29) is 6.61 Å². The largest absolute Gasteiger partial charge is 0.397 e. The van der Waals surface area contributed by atoms with Gasteiger partial charge < -0.3 is 21.1 Å². The smallest absolute Gasteiger partial charge is 0.0601 e. The molecule has 4 heteroatoms. The molecule has 1 aliphatic rings. The summed E-state index contributed by atoms with van der Waals surface area (Å²) in [6, 6.07) is 6.19. The monoisotopic (exact) mass is 263 g/mol. The van der Waals surface area contributed by atoms with E-state index < -0.39 is 0 Å². The van der Waals surface area contributed by atoms with Gasteiger partial charge in [0.15, 0.2) is 0 Å². The molecule has 0 radical (unpaired) electrons. The van der Waals surface area contributed by atoms with Gasteiger partial charge >= 0.3 is 0 Å². The standard InChI is InChI=1S/C15H25N3O/c16-14-12-13(17-8-5-11-19)6-7-15(14)18-9-3-1-2-4-10-18/h6-7,12,17,19H,1-5,8-11,16H2. The molecule has 0 saturated carbocycles. The molecule has 1 aliphatic heterocycles. The Morgan fingerprint density at radius 3 is 2.53 bits per heavy atom. The van der Waals surface area contributed by atoms with Crippen molar-refractivity contribution in [1.29, 1.82) is 0 Å². The Balaban J connectivity index is 2.01. The molecule has 1 aromatic carbocycles. The number of nitrogen functional groups attached to an aromatic ring is 1. The normalized spacial score (nSPS) is 16.2. The molecule has 0 unspecified atom stereocenters. The van der Waals surface area contributed by atoms with E-state index in [1.54, 1.807) is 0 Å². The zero-order valence-corrected chi connectivity index (χ0v) is 11.6. The highest BCUT2D eigenvalue weighted by Crippen LogP contribution is 2.28. The third kappa shape index (κ3) is 4.03. The average Bonchev–Trinajstić information content (AvgIpc) is 2.68. The minimum absolute atomic E-state index is 0.217. The van der Waals surface area contributed by atoms with Gasteiger partial charge in [0, 0.05) is 31.9 Å². The maximum absolute atomic E-state index is 8.77. The Hall–Kier alpha value is -1.42. The summed E-state index contributed by atoms with van der Waals surface area (Å²) < 4.78 is 0. The second-order valence-electron chi connectivity index (χ2n) is 5.18. The van der Waals surface area contributed by atoms with Crippen molar-refractivity contribution in [3.8, 4) is 0 Å². The summed E-state index contributed by atoms with van der Waals surface area (Å²) in [6.45, 7) is 3.22. The van der Waals surface area contributed by atoms with E-state index in [0.29, 0.717) is 0 Å². The van der Waals surface area contributed by atoms with Gasteiger partial charge in [0.25, 0.3) is 0 Å². The summed E-state index contributed by atoms with van der Waals surface area (Å²) in [7, 11) is 0. The summed E-state index contributed by atoms with van der Waals surface area (Å²) in [4.78, 5) is 2.40. The Morgan fingerprint density at radius 2 is 1.89 bits per heavy atom. The second kappa shape index (κ2) is 7.24. The molecular weight excluding hydrogens is 238 g/mol. The molecule has 0 aliphatic carbocycles. The summed E-state index contributed by atoms with van der Waals surface area (Å²) >= 11 is 0. The fourth-order valence-electron chi connectivity index (χ4n) is 2.58. The number of benzene rings is 1. The van der Waals surface area contributed by atoms with Gasteiger partial charge in [0.2, 0.25) is 0 Å². The minimum Gasteiger partial charge on any atom is -0.397 e. The number of aliphatic hydroxyl groups excluding tert-OH is 1. The summed E-state index contributed by atoms with van der Waals surface area (Å²) in [5.74, 6) is 0. The molecule has 0 bridgehead atoms. The highest BCUT2D eigenvalue weighted by atomic mass is 16.3. The predicted molar refractivity (Wildman–Crippen MR) is 81.7 cm³/mol. The molecule has 0 spiro atoms. The molecule has 1 heterocycles. The molecule has 4 nitrogen and oxygen atoms in total. The maximum Gasteiger partial charge on any atom is 0.0601 e. The van der Waals surface area contributed by atoms with Crippen LogP contribution in [0.25, 0.3) is 0 Å². The van der Waals surface area contributed by atoms with Gasteiger partial charge in [-0.15, -0.1) is 0 Å². The second-order valence-corrected chi connectivity index (χ2v) is 5.18. The molecule has 0 amide bonds. The molecule has 0 aromatic heterocycles. The molecule has 2 rings (SSSR count). The summed E-state index contributed by atoms with van der Waals surface area (Å²) in [6.07, 6.45) is 5.94. The van der Waals surface area contributed by atoms with Crippen LogP contribution in [0.5, 0.6) is 0 Å². The van der Waals surface area contributed by atoms with Gasteiger partial charge in [-0.2, -0.15) is 0 Å². The molecule has 1 fully saturated rings. The Labute approximate surface area is 115 Å². The van der Waals surface area contributed by atoms with E-state index in [1.807, 2.05) is 6.07 Å². The van der Waals surface area contributed by atoms with E-state index in [1.165, 1.54) is 25.7 Å². The van der Waals surface area contributed by atoms with Crippen LogP contribution < -0.4 is 16.0 Å². The Morgan fingerprint density at radius 1 is 1.16 bits per heavy atom. The Bertz CT molecular complexity index is 387.